The molecule has 0 bridgehead atoms. The molecule has 1 rings (SSSR count). The normalized spacial score (nSPS) is 32.0. The van der Waals surface area contributed by atoms with E-state index in [1.807, 2.05) is 0 Å². The molecule has 0 aliphatic carbocycles. The van der Waals surface area contributed by atoms with E-state index in [-0.39, 0.29) is 17.5 Å². The summed E-state index contributed by atoms with van der Waals surface area (Å²) >= 11 is 3.68. The van der Waals surface area contributed by atoms with E-state index in [0.29, 0.717) is 6.42 Å². The number of aliphatic hydroxyl groups is 1. The molecular formula is C5H11NO3S2. The molecule has 11 heavy (non-hydrogen) atoms. The van der Waals surface area contributed by atoms with E-state index in [9.17, 15) is 8.42 Å². The first-order chi connectivity index (χ1) is 4.99. The van der Waals surface area contributed by atoms with Gasteiger partial charge in [-0.05, 0) is 6.42 Å². The van der Waals surface area contributed by atoms with E-state index >= 15 is 0 Å². The molecule has 4 nitrogen and oxygen atoms in total. The molecule has 0 aromatic carbocycles. The fourth-order valence-electron chi connectivity index (χ4n) is 1.14. The lowest BCUT2D eigenvalue weighted by Gasteiger charge is -2.11. The van der Waals surface area contributed by atoms with E-state index in [4.69, 9.17) is 5.11 Å². The van der Waals surface area contributed by atoms with E-state index < -0.39 is 15.4 Å². The highest BCUT2D eigenvalue weighted by Gasteiger charge is 2.28. The standard InChI is InChI=1S/C5H11NO3S2/c7-5(10)6-4-1-2-11(8,9)3-4/h4-7,10H,1-3H2. The second-order valence-electron chi connectivity index (χ2n) is 2.64. The maximum absolute atomic E-state index is 10.9. The van der Waals surface area contributed by atoms with Crippen LogP contribution in [0, 0.1) is 0 Å². The van der Waals surface area contributed by atoms with Crippen molar-refractivity contribution in [3.8, 4) is 0 Å². The SMILES string of the molecule is O=S1(=O)CCC(NC(O)S)C1. The summed E-state index contributed by atoms with van der Waals surface area (Å²) in [5.74, 6) is 0.329. The van der Waals surface area contributed by atoms with Crippen LogP contribution in [-0.2, 0) is 9.84 Å². The molecule has 0 aromatic heterocycles. The van der Waals surface area contributed by atoms with Gasteiger partial charge in [0.15, 0.2) is 9.84 Å². The molecule has 0 radical (unpaired) electrons. The lowest BCUT2D eigenvalue weighted by molar-refractivity contribution is 0.212. The Morgan fingerprint density at radius 1 is 1.64 bits per heavy atom. The molecule has 1 aliphatic rings. The highest BCUT2D eigenvalue weighted by Crippen LogP contribution is 2.11. The Labute approximate surface area is 71.3 Å². The summed E-state index contributed by atoms with van der Waals surface area (Å²) in [4.78, 5) is 0. The van der Waals surface area contributed by atoms with Crippen LogP contribution in [0.1, 0.15) is 6.42 Å². The molecule has 0 amide bonds. The fourth-order valence-corrected chi connectivity index (χ4v) is 3.03. The summed E-state index contributed by atoms with van der Waals surface area (Å²) in [6.07, 6.45) is 0.569. The number of thiol groups is 1. The second-order valence-corrected chi connectivity index (χ2v) is 5.36. The van der Waals surface area contributed by atoms with Gasteiger partial charge in [-0.15, -0.1) is 12.6 Å². The Morgan fingerprint density at radius 3 is 2.64 bits per heavy atom. The summed E-state index contributed by atoms with van der Waals surface area (Å²) in [5, 5.41) is 11.4. The second kappa shape index (κ2) is 3.30. The summed E-state index contributed by atoms with van der Waals surface area (Å²) in [6, 6.07) is -0.132. The number of aliphatic hydroxyl groups excluding tert-OH is 1. The smallest absolute Gasteiger partial charge is 0.151 e. The highest BCUT2D eigenvalue weighted by atomic mass is 32.2. The zero-order chi connectivity index (χ0) is 8.48. The Kier molecular flexibility index (Phi) is 2.79. The van der Waals surface area contributed by atoms with Crippen molar-refractivity contribution in [2.24, 2.45) is 0 Å². The highest BCUT2D eigenvalue weighted by molar-refractivity contribution is 7.91. The van der Waals surface area contributed by atoms with E-state index in [1.54, 1.807) is 0 Å². The van der Waals surface area contributed by atoms with E-state index in [0.717, 1.165) is 0 Å². The minimum absolute atomic E-state index is 0.116. The zero-order valence-corrected chi connectivity index (χ0v) is 7.61. The minimum atomic E-state index is -2.85. The summed E-state index contributed by atoms with van der Waals surface area (Å²) in [6.45, 7) is 0. The van der Waals surface area contributed by atoms with Crippen molar-refractivity contribution in [2.75, 3.05) is 11.5 Å². The van der Waals surface area contributed by atoms with Crippen LogP contribution >= 0.6 is 12.6 Å². The minimum Gasteiger partial charge on any atom is -0.369 e. The first kappa shape index (κ1) is 9.31. The van der Waals surface area contributed by atoms with Crippen molar-refractivity contribution in [2.45, 2.75) is 18.0 Å². The van der Waals surface area contributed by atoms with Gasteiger partial charge in [-0.3, -0.25) is 5.32 Å². The van der Waals surface area contributed by atoms with Crippen molar-refractivity contribution in [1.82, 2.24) is 5.32 Å². The third kappa shape index (κ3) is 2.98. The van der Waals surface area contributed by atoms with Crippen molar-refractivity contribution in [3.63, 3.8) is 0 Å². The summed E-state index contributed by atoms with van der Waals surface area (Å²) < 4.78 is 21.8. The quantitative estimate of drug-likeness (QED) is 0.391. The van der Waals surface area contributed by atoms with Crippen LogP contribution < -0.4 is 5.32 Å². The molecule has 2 unspecified atom stereocenters. The van der Waals surface area contributed by atoms with Gasteiger partial charge >= 0.3 is 0 Å². The predicted molar refractivity (Wildman–Crippen MR) is 45.2 cm³/mol. The van der Waals surface area contributed by atoms with Crippen molar-refractivity contribution in [3.05, 3.63) is 0 Å². The van der Waals surface area contributed by atoms with Gasteiger partial charge in [-0.1, -0.05) is 0 Å². The Balaban J connectivity index is 2.43. The third-order valence-corrected chi connectivity index (χ3v) is 3.53. The molecule has 2 atom stereocenters. The molecule has 6 heteroatoms. The topological polar surface area (TPSA) is 66.4 Å². The molecule has 1 fully saturated rings. The van der Waals surface area contributed by atoms with Gasteiger partial charge in [0.25, 0.3) is 0 Å². The van der Waals surface area contributed by atoms with Crippen LogP contribution in [0.25, 0.3) is 0 Å². The summed E-state index contributed by atoms with van der Waals surface area (Å²) in [7, 11) is -2.85. The Bertz CT molecular complexity index is 224. The van der Waals surface area contributed by atoms with Gasteiger partial charge in [0.2, 0.25) is 0 Å². The molecule has 0 spiro atoms. The molecule has 2 N–H and O–H groups in total. The molecule has 1 heterocycles. The maximum atomic E-state index is 10.9. The zero-order valence-electron chi connectivity index (χ0n) is 5.90. The van der Waals surface area contributed by atoms with Crippen LogP contribution in [-0.4, -0.2) is 36.6 Å². The van der Waals surface area contributed by atoms with Crippen LogP contribution in [0.15, 0.2) is 0 Å². The number of hydrogen-bond donors (Lipinski definition) is 3. The van der Waals surface area contributed by atoms with E-state index in [1.165, 1.54) is 0 Å². The molecule has 0 aromatic rings. The summed E-state index contributed by atoms with van der Waals surface area (Å²) in [5.41, 5.74) is -0.923. The molecular weight excluding hydrogens is 186 g/mol. The van der Waals surface area contributed by atoms with Crippen LogP contribution in [0.5, 0.6) is 0 Å². The molecule has 1 saturated heterocycles. The Hall–Kier alpha value is 0.220. The predicted octanol–water partition coefficient (Wildman–Crippen LogP) is -1.03. The maximum Gasteiger partial charge on any atom is 0.151 e. The van der Waals surface area contributed by atoms with Gasteiger partial charge in [-0.2, -0.15) is 0 Å². The van der Waals surface area contributed by atoms with Crippen LogP contribution in [0.3, 0.4) is 0 Å². The van der Waals surface area contributed by atoms with Gasteiger partial charge in [0.05, 0.1) is 11.5 Å². The average molecular weight is 197 g/mol. The van der Waals surface area contributed by atoms with E-state index in [2.05, 4.69) is 17.9 Å². The van der Waals surface area contributed by atoms with Crippen molar-refractivity contribution in [1.29, 1.82) is 0 Å². The number of rotatable bonds is 2. The largest absolute Gasteiger partial charge is 0.369 e. The molecule has 0 saturated carbocycles. The third-order valence-electron chi connectivity index (χ3n) is 1.62. The molecule has 66 valence electrons. The van der Waals surface area contributed by atoms with Gasteiger partial charge in [-0.25, -0.2) is 8.42 Å². The number of hydrogen-bond acceptors (Lipinski definition) is 5. The first-order valence-electron chi connectivity index (χ1n) is 3.32. The van der Waals surface area contributed by atoms with Crippen LogP contribution in [0.2, 0.25) is 0 Å². The number of nitrogens with one attached hydrogen (secondary N) is 1. The van der Waals surface area contributed by atoms with Crippen molar-refractivity contribution < 1.29 is 13.5 Å². The van der Waals surface area contributed by atoms with Gasteiger partial charge < -0.3 is 5.11 Å². The fraction of sp³-hybridized carbons (Fsp3) is 1.00. The van der Waals surface area contributed by atoms with Gasteiger partial charge in [0, 0.05) is 6.04 Å². The Morgan fingerprint density at radius 2 is 2.27 bits per heavy atom. The molecule has 1 aliphatic heterocycles. The van der Waals surface area contributed by atoms with Gasteiger partial charge in [0.1, 0.15) is 5.56 Å². The number of sulfone groups is 1. The first-order valence-corrected chi connectivity index (χ1v) is 5.66. The average Bonchev–Trinajstić information content (AvgIpc) is 2.08. The van der Waals surface area contributed by atoms with Crippen LogP contribution in [0.4, 0.5) is 0 Å². The lowest BCUT2D eigenvalue weighted by atomic mass is 10.3. The lowest BCUT2D eigenvalue weighted by Crippen LogP contribution is -2.35. The monoisotopic (exact) mass is 197 g/mol. The van der Waals surface area contributed by atoms with Crippen molar-refractivity contribution >= 4 is 22.5 Å².